The van der Waals surface area contributed by atoms with Crippen LogP contribution in [0.2, 0.25) is 0 Å². The van der Waals surface area contributed by atoms with Gasteiger partial charge >= 0.3 is 0 Å². The van der Waals surface area contributed by atoms with Gasteiger partial charge in [0.15, 0.2) is 0 Å². The number of likely N-dealkylation sites (tertiary alicyclic amines) is 1. The molecule has 0 atom stereocenters. The smallest absolute Gasteiger partial charge is 0.255 e. The summed E-state index contributed by atoms with van der Waals surface area (Å²) in [6.45, 7) is 10.9. The molecule has 8 heteroatoms. The fraction of sp³-hybridized carbons (Fsp3) is 0.559. The normalized spacial score (nSPS) is 20.6. The molecule has 6 nitrogen and oxygen atoms in total. The van der Waals surface area contributed by atoms with Crippen molar-refractivity contribution in [3.63, 3.8) is 0 Å². The highest BCUT2D eigenvalue weighted by atomic mass is 32.2. The lowest BCUT2D eigenvalue weighted by molar-refractivity contribution is 0.000270. The van der Waals surface area contributed by atoms with Gasteiger partial charge in [-0.05, 0) is 94.1 Å². The van der Waals surface area contributed by atoms with E-state index < -0.39 is 9.84 Å². The van der Waals surface area contributed by atoms with E-state index in [-0.39, 0.29) is 28.4 Å². The second kappa shape index (κ2) is 11.3. The fourth-order valence-corrected chi connectivity index (χ4v) is 9.64. The number of rotatable bonds is 6. The molecule has 226 valence electrons. The standard InChI is InChI=1S/C34H45N3O3S2/c1-24-29(32(38)36-22-34(23-36)16-18-42(39,40)19-17-34)20-30(37(24)21-25-10-6-5-7-11-25)27-14-15-31(41-35-33(2,3)4)28-13-9-8-12-26(27)28/h8-9,12-15,20,25,35H,5-7,10-11,16-19,21-23H2,1-4H3. The first-order chi connectivity index (χ1) is 19.9. The number of sulfone groups is 1. The number of benzene rings is 2. The quantitative estimate of drug-likeness (QED) is 0.299. The molecule has 1 N–H and O–H groups in total. The highest BCUT2D eigenvalue weighted by Gasteiger charge is 2.48. The molecule has 1 aromatic heterocycles. The SMILES string of the molecule is Cc1c(C(=O)N2CC3(CCS(=O)(=O)CC3)C2)cc(-c2ccc(SNC(C)(C)C)c3ccccc23)n1CC1CCCCC1. The molecule has 0 unspecified atom stereocenters. The van der Waals surface area contributed by atoms with Crippen LogP contribution in [0.3, 0.4) is 0 Å². The molecule has 2 aromatic carbocycles. The van der Waals surface area contributed by atoms with Crippen LogP contribution in [0.5, 0.6) is 0 Å². The van der Waals surface area contributed by atoms with Crippen LogP contribution in [0.4, 0.5) is 0 Å². The van der Waals surface area contributed by atoms with Crippen molar-refractivity contribution < 1.29 is 13.2 Å². The lowest BCUT2D eigenvalue weighted by Gasteiger charge is -2.52. The summed E-state index contributed by atoms with van der Waals surface area (Å²) < 4.78 is 30.0. The van der Waals surface area contributed by atoms with Gasteiger partial charge in [-0.3, -0.25) is 9.52 Å². The van der Waals surface area contributed by atoms with Crippen LogP contribution in [-0.4, -0.2) is 53.9 Å². The maximum absolute atomic E-state index is 14.0. The van der Waals surface area contributed by atoms with Crippen LogP contribution >= 0.6 is 11.9 Å². The molecule has 1 amide bonds. The van der Waals surface area contributed by atoms with Gasteiger partial charge in [-0.25, -0.2) is 8.42 Å². The Bertz CT molecular complexity index is 1570. The lowest BCUT2D eigenvalue weighted by atomic mass is 9.74. The van der Waals surface area contributed by atoms with Crippen LogP contribution in [0.1, 0.15) is 81.8 Å². The van der Waals surface area contributed by atoms with Crippen LogP contribution in [0.25, 0.3) is 22.0 Å². The molecule has 3 fully saturated rings. The molecule has 2 aliphatic heterocycles. The summed E-state index contributed by atoms with van der Waals surface area (Å²) in [5.41, 5.74) is 4.10. The maximum atomic E-state index is 14.0. The molecule has 3 aromatic rings. The summed E-state index contributed by atoms with van der Waals surface area (Å²) in [6.07, 6.45) is 7.72. The number of nitrogens with zero attached hydrogens (tertiary/aromatic N) is 2. The average Bonchev–Trinajstić information content (AvgIpc) is 3.26. The summed E-state index contributed by atoms with van der Waals surface area (Å²) in [7, 11) is -2.92. The Hall–Kier alpha value is -2.29. The highest BCUT2D eigenvalue weighted by Crippen LogP contribution is 2.43. The van der Waals surface area contributed by atoms with Gasteiger partial charge < -0.3 is 9.47 Å². The first-order valence-corrected chi connectivity index (χ1v) is 18.2. The molecular weight excluding hydrogens is 563 g/mol. The van der Waals surface area contributed by atoms with E-state index in [2.05, 4.69) is 79.4 Å². The first kappa shape index (κ1) is 29.8. The fourth-order valence-electron chi connectivity index (χ4n) is 7.10. The van der Waals surface area contributed by atoms with E-state index in [1.807, 2.05) is 4.90 Å². The predicted molar refractivity (Wildman–Crippen MR) is 174 cm³/mol. The third-order valence-electron chi connectivity index (χ3n) is 9.62. The number of carbonyl (C=O) groups is 1. The van der Waals surface area contributed by atoms with Gasteiger partial charge in [0, 0.05) is 52.4 Å². The van der Waals surface area contributed by atoms with Crippen molar-refractivity contribution in [2.45, 2.75) is 89.6 Å². The van der Waals surface area contributed by atoms with Crippen LogP contribution < -0.4 is 4.72 Å². The third-order valence-corrected chi connectivity index (χ3v) is 12.6. The van der Waals surface area contributed by atoms with Gasteiger partial charge in [0.1, 0.15) is 9.84 Å². The number of nitrogens with one attached hydrogen (secondary N) is 1. The topological polar surface area (TPSA) is 71.4 Å². The summed E-state index contributed by atoms with van der Waals surface area (Å²) >= 11 is 1.68. The molecule has 0 bridgehead atoms. The van der Waals surface area contributed by atoms with Crippen molar-refractivity contribution in [3.05, 3.63) is 53.7 Å². The van der Waals surface area contributed by atoms with Crippen LogP contribution in [0.15, 0.2) is 47.4 Å². The Morgan fingerprint density at radius 3 is 2.33 bits per heavy atom. The van der Waals surface area contributed by atoms with Crippen molar-refractivity contribution in [2.75, 3.05) is 24.6 Å². The van der Waals surface area contributed by atoms with Gasteiger partial charge in [-0.2, -0.15) is 0 Å². The summed E-state index contributed by atoms with van der Waals surface area (Å²) in [5, 5.41) is 2.41. The Morgan fingerprint density at radius 2 is 1.67 bits per heavy atom. The molecule has 0 radical (unpaired) electrons. The zero-order valence-corrected chi connectivity index (χ0v) is 27.2. The Kier molecular flexibility index (Phi) is 8.03. The zero-order valence-electron chi connectivity index (χ0n) is 25.5. The van der Waals surface area contributed by atoms with Crippen molar-refractivity contribution in [1.82, 2.24) is 14.2 Å². The van der Waals surface area contributed by atoms with Crippen molar-refractivity contribution in [2.24, 2.45) is 11.3 Å². The monoisotopic (exact) mass is 607 g/mol. The second-order valence-electron chi connectivity index (χ2n) is 14.1. The molecule has 1 aliphatic carbocycles. The van der Waals surface area contributed by atoms with Crippen LogP contribution in [0, 0.1) is 18.3 Å². The van der Waals surface area contributed by atoms with E-state index in [1.54, 1.807) is 11.9 Å². The molecule has 42 heavy (non-hydrogen) atoms. The predicted octanol–water partition coefficient (Wildman–Crippen LogP) is 7.24. The number of fused-ring (bicyclic) bond motifs is 1. The number of carbonyl (C=O) groups excluding carboxylic acids is 1. The van der Waals surface area contributed by atoms with Crippen molar-refractivity contribution in [1.29, 1.82) is 0 Å². The van der Waals surface area contributed by atoms with Gasteiger partial charge in [0.2, 0.25) is 0 Å². The molecule has 2 saturated heterocycles. The van der Waals surface area contributed by atoms with Gasteiger partial charge in [-0.1, -0.05) is 49.6 Å². The van der Waals surface area contributed by atoms with Crippen LogP contribution in [-0.2, 0) is 16.4 Å². The molecule has 3 heterocycles. The largest absolute Gasteiger partial charge is 0.344 e. The molecule has 1 saturated carbocycles. The van der Waals surface area contributed by atoms with E-state index in [9.17, 15) is 13.2 Å². The minimum Gasteiger partial charge on any atom is -0.344 e. The van der Waals surface area contributed by atoms with E-state index in [4.69, 9.17) is 0 Å². The van der Waals surface area contributed by atoms with Crippen molar-refractivity contribution >= 4 is 38.5 Å². The molecular formula is C34H45N3O3S2. The Labute approximate surface area is 255 Å². The number of hydrogen-bond acceptors (Lipinski definition) is 5. The van der Waals surface area contributed by atoms with Gasteiger partial charge in [0.25, 0.3) is 5.91 Å². The lowest BCUT2D eigenvalue weighted by Crippen LogP contribution is -2.60. The maximum Gasteiger partial charge on any atom is 0.255 e. The number of aromatic nitrogens is 1. The Balaban J connectivity index is 1.35. The first-order valence-electron chi connectivity index (χ1n) is 15.6. The number of hydrogen-bond donors (Lipinski definition) is 1. The molecule has 3 aliphatic rings. The van der Waals surface area contributed by atoms with Crippen molar-refractivity contribution in [3.8, 4) is 11.3 Å². The summed E-state index contributed by atoms with van der Waals surface area (Å²) in [6, 6.07) is 15.2. The summed E-state index contributed by atoms with van der Waals surface area (Å²) in [5.74, 6) is 1.21. The minimum absolute atomic E-state index is 0.00711. The third kappa shape index (κ3) is 6.04. The highest BCUT2D eigenvalue weighted by molar-refractivity contribution is 7.97. The molecule has 1 spiro atoms. The summed E-state index contributed by atoms with van der Waals surface area (Å²) in [4.78, 5) is 17.1. The van der Waals surface area contributed by atoms with Gasteiger partial charge in [0.05, 0.1) is 17.1 Å². The Morgan fingerprint density at radius 1 is 1.00 bits per heavy atom. The average molecular weight is 608 g/mol. The molecule has 6 rings (SSSR count). The minimum atomic E-state index is -2.92. The van der Waals surface area contributed by atoms with E-state index >= 15 is 0 Å². The zero-order chi connectivity index (χ0) is 29.7. The van der Waals surface area contributed by atoms with Gasteiger partial charge in [-0.15, -0.1) is 0 Å². The van der Waals surface area contributed by atoms with E-state index in [0.29, 0.717) is 31.8 Å². The van der Waals surface area contributed by atoms with E-state index in [0.717, 1.165) is 23.5 Å². The van der Waals surface area contributed by atoms with E-state index in [1.165, 1.54) is 53.3 Å². The number of amides is 1. The second-order valence-corrected chi connectivity index (χ2v) is 17.2.